The van der Waals surface area contributed by atoms with Crippen LogP contribution in [0.4, 0.5) is 8.78 Å². The molecule has 0 aliphatic carbocycles. The average Bonchev–Trinajstić information content (AvgIpc) is 2.45. The first-order valence-corrected chi connectivity index (χ1v) is 5.38. The van der Waals surface area contributed by atoms with E-state index in [4.69, 9.17) is 0 Å². The van der Waals surface area contributed by atoms with Crippen molar-refractivity contribution in [2.75, 3.05) is 5.75 Å². The van der Waals surface area contributed by atoms with Crippen molar-refractivity contribution >= 4 is 23.3 Å². The SMILES string of the molecule is Cc1nsc(SCCC=C(F)F)n1. The number of aromatic nitrogens is 2. The third-order valence-corrected chi connectivity index (χ3v) is 3.11. The number of allylic oxidation sites excluding steroid dienone is 1. The smallest absolute Gasteiger partial charge is 0.213 e. The van der Waals surface area contributed by atoms with Gasteiger partial charge in [0.15, 0.2) is 4.34 Å². The van der Waals surface area contributed by atoms with Crippen LogP contribution in [0, 0.1) is 6.92 Å². The topological polar surface area (TPSA) is 25.8 Å². The summed E-state index contributed by atoms with van der Waals surface area (Å²) in [6.07, 6.45) is -0.332. The van der Waals surface area contributed by atoms with Crippen LogP contribution in [-0.2, 0) is 0 Å². The number of thioether (sulfide) groups is 1. The summed E-state index contributed by atoms with van der Waals surface area (Å²) in [5, 5.41) is 0. The van der Waals surface area contributed by atoms with E-state index in [9.17, 15) is 8.78 Å². The van der Waals surface area contributed by atoms with E-state index in [1.165, 1.54) is 23.3 Å². The van der Waals surface area contributed by atoms with E-state index in [-0.39, 0.29) is 0 Å². The van der Waals surface area contributed by atoms with Crippen LogP contribution in [0.2, 0.25) is 0 Å². The predicted octanol–water partition coefficient (Wildman–Crippen LogP) is 3.11. The van der Waals surface area contributed by atoms with Gasteiger partial charge in [-0.2, -0.15) is 13.2 Å². The molecule has 0 spiro atoms. The zero-order valence-corrected chi connectivity index (χ0v) is 8.59. The second kappa shape index (κ2) is 5.29. The lowest BCUT2D eigenvalue weighted by atomic mass is 10.5. The van der Waals surface area contributed by atoms with Gasteiger partial charge in [-0.25, -0.2) is 4.98 Å². The molecule has 72 valence electrons. The zero-order valence-electron chi connectivity index (χ0n) is 6.96. The summed E-state index contributed by atoms with van der Waals surface area (Å²) >= 11 is 2.75. The predicted molar refractivity (Wildman–Crippen MR) is 50.3 cm³/mol. The third-order valence-electron chi connectivity index (χ3n) is 1.15. The summed E-state index contributed by atoms with van der Waals surface area (Å²) in [6, 6.07) is 0. The molecule has 0 bridgehead atoms. The van der Waals surface area contributed by atoms with Crippen molar-refractivity contribution in [1.29, 1.82) is 0 Å². The third kappa shape index (κ3) is 4.33. The minimum absolute atomic E-state index is 0.367. The molecular formula is C7H8F2N2S2. The molecule has 0 unspecified atom stereocenters. The summed E-state index contributed by atoms with van der Waals surface area (Å²) in [6.45, 7) is 1.81. The molecule has 0 aromatic carbocycles. The molecule has 1 aromatic heterocycles. The molecule has 0 radical (unpaired) electrons. The lowest BCUT2D eigenvalue weighted by Crippen LogP contribution is -1.77. The lowest BCUT2D eigenvalue weighted by molar-refractivity contribution is 0.418. The molecule has 1 rings (SSSR count). The normalized spacial score (nSPS) is 10.1. The monoisotopic (exact) mass is 222 g/mol. The zero-order chi connectivity index (χ0) is 9.68. The second-order valence-corrected chi connectivity index (χ2v) is 4.33. The van der Waals surface area contributed by atoms with Gasteiger partial charge in [0.2, 0.25) is 0 Å². The molecule has 0 aliphatic rings. The highest BCUT2D eigenvalue weighted by molar-refractivity contribution is 8.00. The molecular weight excluding hydrogens is 214 g/mol. The maximum atomic E-state index is 11.6. The fourth-order valence-electron chi connectivity index (χ4n) is 0.651. The Balaban J connectivity index is 2.24. The van der Waals surface area contributed by atoms with Gasteiger partial charge in [0.1, 0.15) is 5.82 Å². The van der Waals surface area contributed by atoms with E-state index in [1.807, 2.05) is 6.92 Å². The number of nitrogens with zero attached hydrogens (tertiary/aromatic N) is 2. The van der Waals surface area contributed by atoms with E-state index in [0.29, 0.717) is 12.2 Å². The van der Waals surface area contributed by atoms with Gasteiger partial charge in [0.05, 0.1) is 0 Å². The standard InChI is InChI=1S/C7H8F2N2S2/c1-5-10-7(13-11-5)12-4-2-3-6(8)9/h3H,2,4H2,1H3. The van der Waals surface area contributed by atoms with Crippen LogP contribution in [0.25, 0.3) is 0 Å². The van der Waals surface area contributed by atoms with Gasteiger partial charge < -0.3 is 0 Å². The van der Waals surface area contributed by atoms with Gasteiger partial charge in [0, 0.05) is 5.75 Å². The summed E-state index contributed by atoms with van der Waals surface area (Å²) < 4.78 is 28.0. The van der Waals surface area contributed by atoms with Crippen molar-refractivity contribution in [3.05, 3.63) is 18.0 Å². The number of hydrogen-bond donors (Lipinski definition) is 0. The summed E-state index contributed by atoms with van der Waals surface area (Å²) in [7, 11) is 0. The first kappa shape index (κ1) is 10.6. The van der Waals surface area contributed by atoms with E-state index >= 15 is 0 Å². The maximum Gasteiger partial charge on any atom is 0.266 e. The Bertz CT molecular complexity index is 294. The molecule has 1 heterocycles. The Kier molecular flexibility index (Phi) is 4.31. The fourth-order valence-corrected chi connectivity index (χ4v) is 2.25. The van der Waals surface area contributed by atoms with E-state index in [2.05, 4.69) is 9.36 Å². The Labute approximate surface area is 83.2 Å². The van der Waals surface area contributed by atoms with Crippen LogP contribution in [0.1, 0.15) is 12.2 Å². The van der Waals surface area contributed by atoms with Crippen molar-refractivity contribution in [2.24, 2.45) is 0 Å². The first-order valence-electron chi connectivity index (χ1n) is 3.63. The largest absolute Gasteiger partial charge is 0.266 e. The summed E-state index contributed by atoms with van der Waals surface area (Å²) in [5.74, 6) is 1.35. The Morgan fingerprint density at radius 3 is 2.92 bits per heavy atom. The fraction of sp³-hybridized carbons (Fsp3) is 0.429. The van der Waals surface area contributed by atoms with Gasteiger partial charge in [-0.05, 0) is 31.0 Å². The molecule has 0 N–H and O–H groups in total. The number of halogens is 2. The number of hydrogen-bond acceptors (Lipinski definition) is 4. The molecule has 13 heavy (non-hydrogen) atoms. The summed E-state index contributed by atoms with van der Waals surface area (Å²) in [4.78, 5) is 4.09. The van der Waals surface area contributed by atoms with Crippen molar-refractivity contribution in [3.63, 3.8) is 0 Å². The van der Waals surface area contributed by atoms with E-state index < -0.39 is 6.08 Å². The molecule has 6 heteroatoms. The molecule has 0 saturated carbocycles. The van der Waals surface area contributed by atoms with Crippen LogP contribution in [-0.4, -0.2) is 15.1 Å². The number of rotatable bonds is 4. The molecule has 0 atom stereocenters. The molecule has 0 saturated heterocycles. The minimum Gasteiger partial charge on any atom is -0.213 e. The van der Waals surface area contributed by atoms with E-state index in [0.717, 1.165) is 16.2 Å². The molecule has 2 nitrogen and oxygen atoms in total. The van der Waals surface area contributed by atoms with Crippen LogP contribution in [0.5, 0.6) is 0 Å². The van der Waals surface area contributed by atoms with Crippen LogP contribution >= 0.6 is 23.3 Å². The van der Waals surface area contributed by atoms with Gasteiger partial charge in [-0.15, -0.1) is 0 Å². The highest BCUT2D eigenvalue weighted by atomic mass is 32.2. The van der Waals surface area contributed by atoms with Gasteiger partial charge in [-0.3, -0.25) is 0 Å². The summed E-state index contributed by atoms with van der Waals surface area (Å²) in [5.41, 5.74) is 0. The van der Waals surface area contributed by atoms with Crippen LogP contribution in [0.15, 0.2) is 16.5 Å². The minimum atomic E-state index is -1.62. The highest BCUT2D eigenvalue weighted by Crippen LogP contribution is 2.20. The van der Waals surface area contributed by atoms with Gasteiger partial charge >= 0.3 is 0 Å². The molecule has 0 fully saturated rings. The van der Waals surface area contributed by atoms with Crippen molar-refractivity contribution in [3.8, 4) is 0 Å². The van der Waals surface area contributed by atoms with Crippen LogP contribution in [0.3, 0.4) is 0 Å². The second-order valence-electron chi connectivity index (χ2n) is 2.24. The van der Waals surface area contributed by atoms with Gasteiger partial charge in [-0.1, -0.05) is 11.8 Å². The van der Waals surface area contributed by atoms with Crippen molar-refractivity contribution in [2.45, 2.75) is 17.7 Å². The molecule has 0 amide bonds. The molecule has 0 aliphatic heterocycles. The Morgan fingerprint density at radius 2 is 2.38 bits per heavy atom. The number of aryl methyl sites for hydroxylation is 1. The van der Waals surface area contributed by atoms with Crippen LogP contribution < -0.4 is 0 Å². The highest BCUT2D eigenvalue weighted by Gasteiger charge is 1.99. The Hall–Kier alpha value is -0.490. The lowest BCUT2D eigenvalue weighted by Gasteiger charge is -1.90. The maximum absolute atomic E-state index is 11.6. The Morgan fingerprint density at radius 1 is 1.62 bits per heavy atom. The molecule has 1 aromatic rings. The van der Waals surface area contributed by atoms with Crippen molar-refractivity contribution in [1.82, 2.24) is 9.36 Å². The quantitative estimate of drug-likeness (QED) is 0.578. The average molecular weight is 222 g/mol. The van der Waals surface area contributed by atoms with Gasteiger partial charge in [0.25, 0.3) is 6.08 Å². The van der Waals surface area contributed by atoms with Crippen molar-refractivity contribution < 1.29 is 8.78 Å². The first-order chi connectivity index (χ1) is 6.18. The van der Waals surface area contributed by atoms with E-state index in [1.54, 1.807) is 0 Å².